The van der Waals surface area contributed by atoms with Gasteiger partial charge in [0.25, 0.3) is 0 Å². The summed E-state index contributed by atoms with van der Waals surface area (Å²) in [6, 6.07) is 20.0. The smallest absolute Gasteiger partial charge is 0.0843 e. The average Bonchev–Trinajstić information content (AvgIpc) is 3.30. The molecule has 0 radical (unpaired) electrons. The van der Waals surface area contributed by atoms with E-state index in [4.69, 9.17) is 23.2 Å². The minimum Gasteiger partial charge on any atom is -0.390 e. The summed E-state index contributed by atoms with van der Waals surface area (Å²) in [6.45, 7) is 1.81. The number of benzene rings is 3. The van der Waals surface area contributed by atoms with Crippen LogP contribution < -0.4 is 5.32 Å². The lowest BCUT2D eigenvalue weighted by Crippen LogP contribution is -2.31. The summed E-state index contributed by atoms with van der Waals surface area (Å²) in [5, 5.41) is 18.9. The van der Waals surface area contributed by atoms with Crippen LogP contribution in [0.4, 0.5) is 0 Å². The molecule has 0 aliphatic heterocycles. The summed E-state index contributed by atoms with van der Waals surface area (Å²) in [5.74, 6) is 0. The molecule has 158 valence electrons. The maximum atomic E-state index is 10.7. The Hall–Kier alpha value is -2.50. The van der Waals surface area contributed by atoms with Crippen molar-refractivity contribution >= 4 is 55.9 Å². The Morgan fingerprint density at radius 2 is 1.58 bits per heavy atom. The molecule has 0 saturated heterocycles. The van der Waals surface area contributed by atoms with E-state index in [1.807, 2.05) is 42.5 Å². The number of hydrogen-bond acceptors (Lipinski definition) is 2. The van der Waals surface area contributed by atoms with E-state index in [2.05, 4.69) is 39.3 Å². The summed E-state index contributed by atoms with van der Waals surface area (Å²) < 4.78 is 2.14. The molecule has 6 heteroatoms. The topological polar surface area (TPSA) is 53.0 Å². The van der Waals surface area contributed by atoms with Gasteiger partial charge in [0.15, 0.2) is 0 Å². The van der Waals surface area contributed by atoms with Crippen molar-refractivity contribution in [3.63, 3.8) is 0 Å². The molecule has 0 spiro atoms. The number of H-pyrrole nitrogens is 1. The molecule has 0 aliphatic carbocycles. The molecule has 2 aromatic heterocycles. The van der Waals surface area contributed by atoms with E-state index in [0.29, 0.717) is 23.1 Å². The van der Waals surface area contributed by atoms with Gasteiger partial charge in [0.05, 0.1) is 12.6 Å². The largest absolute Gasteiger partial charge is 0.390 e. The van der Waals surface area contributed by atoms with Gasteiger partial charge in [0, 0.05) is 55.5 Å². The molecule has 5 rings (SSSR count). The second-order valence-corrected chi connectivity index (χ2v) is 8.77. The maximum absolute atomic E-state index is 10.7. The van der Waals surface area contributed by atoms with Gasteiger partial charge in [0.2, 0.25) is 0 Å². The number of hydrogen-bond donors (Lipinski definition) is 3. The van der Waals surface area contributed by atoms with Gasteiger partial charge >= 0.3 is 0 Å². The van der Waals surface area contributed by atoms with Crippen LogP contribution in [0.3, 0.4) is 0 Å². The number of para-hydroxylation sites is 1. The zero-order valence-electron chi connectivity index (χ0n) is 16.9. The molecule has 0 fully saturated rings. The van der Waals surface area contributed by atoms with Gasteiger partial charge < -0.3 is 20.0 Å². The Balaban J connectivity index is 1.28. The summed E-state index contributed by atoms with van der Waals surface area (Å²) in [4.78, 5) is 3.31. The molecule has 4 nitrogen and oxygen atoms in total. The van der Waals surface area contributed by atoms with Crippen LogP contribution in [0.1, 0.15) is 5.56 Å². The Morgan fingerprint density at radius 3 is 2.29 bits per heavy atom. The van der Waals surface area contributed by atoms with E-state index in [0.717, 1.165) is 40.3 Å². The van der Waals surface area contributed by atoms with Crippen molar-refractivity contribution in [2.45, 2.75) is 19.1 Å². The third-order valence-corrected chi connectivity index (χ3v) is 6.28. The van der Waals surface area contributed by atoms with Gasteiger partial charge in [-0.1, -0.05) is 41.4 Å². The van der Waals surface area contributed by atoms with Crippen LogP contribution in [0.2, 0.25) is 10.0 Å². The van der Waals surface area contributed by atoms with Gasteiger partial charge in [-0.25, -0.2) is 0 Å². The first-order valence-electron chi connectivity index (χ1n) is 10.4. The first kappa shape index (κ1) is 20.4. The molecule has 0 bridgehead atoms. The predicted molar refractivity (Wildman–Crippen MR) is 130 cm³/mol. The first-order valence-corrected chi connectivity index (χ1v) is 11.2. The highest BCUT2D eigenvalue weighted by molar-refractivity contribution is 6.33. The minimum atomic E-state index is -0.520. The Morgan fingerprint density at radius 1 is 0.903 bits per heavy atom. The average molecular weight is 452 g/mol. The summed E-state index contributed by atoms with van der Waals surface area (Å²) in [5.41, 5.74) is 4.52. The fourth-order valence-electron chi connectivity index (χ4n) is 4.35. The number of aromatic amines is 1. The molecule has 0 amide bonds. The zero-order chi connectivity index (χ0) is 21.4. The molecule has 3 aromatic carbocycles. The fourth-order valence-corrected chi connectivity index (χ4v) is 4.69. The monoisotopic (exact) mass is 451 g/mol. The van der Waals surface area contributed by atoms with Gasteiger partial charge in [-0.15, -0.1) is 0 Å². The Bertz CT molecular complexity index is 1310. The quantitative estimate of drug-likeness (QED) is 0.275. The summed E-state index contributed by atoms with van der Waals surface area (Å²) in [7, 11) is 0. The zero-order valence-corrected chi connectivity index (χ0v) is 18.4. The van der Waals surface area contributed by atoms with Crippen LogP contribution in [-0.4, -0.2) is 33.9 Å². The van der Waals surface area contributed by atoms with Crippen LogP contribution in [0.5, 0.6) is 0 Å². The van der Waals surface area contributed by atoms with E-state index in [1.54, 1.807) is 0 Å². The third-order valence-electron chi connectivity index (χ3n) is 5.81. The van der Waals surface area contributed by atoms with Crippen molar-refractivity contribution in [2.75, 3.05) is 13.1 Å². The highest BCUT2D eigenvalue weighted by atomic mass is 35.5. The fraction of sp³-hybridized carbons (Fsp3) is 0.200. The van der Waals surface area contributed by atoms with Crippen LogP contribution in [0, 0.1) is 0 Å². The molecule has 0 saturated carbocycles. The molecule has 1 atom stereocenters. The molecule has 3 N–H and O–H groups in total. The van der Waals surface area contributed by atoms with Crippen LogP contribution in [0.15, 0.2) is 66.9 Å². The SMILES string of the molecule is OC(CNCCc1c[nH]c2ccccc12)Cn1c2ccc(Cl)cc2c2cc(Cl)ccc21. The molecule has 31 heavy (non-hydrogen) atoms. The third kappa shape index (κ3) is 4.04. The van der Waals surface area contributed by atoms with Crippen molar-refractivity contribution in [2.24, 2.45) is 0 Å². The maximum Gasteiger partial charge on any atom is 0.0843 e. The molecule has 1 unspecified atom stereocenters. The van der Waals surface area contributed by atoms with Gasteiger partial charge in [0.1, 0.15) is 0 Å². The van der Waals surface area contributed by atoms with Crippen molar-refractivity contribution in [1.29, 1.82) is 0 Å². The van der Waals surface area contributed by atoms with E-state index in [9.17, 15) is 5.11 Å². The van der Waals surface area contributed by atoms with E-state index in [-0.39, 0.29) is 0 Å². The van der Waals surface area contributed by atoms with Gasteiger partial charge in [-0.3, -0.25) is 0 Å². The number of nitrogens with zero attached hydrogens (tertiary/aromatic N) is 1. The van der Waals surface area contributed by atoms with E-state index in [1.165, 1.54) is 10.9 Å². The molecular weight excluding hydrogens is 429 g/mol. The lowest BCUT2D eigenvalue weighted by Gasteiger charge is -2.15. The lowest BCUT2D eigenvalue weighted by atomic mass is 10.1. The number of aliphatic hydroxyl groups excluding tert-OH is 1. The molecular formula is C25H23Cl2N3O. The van der Waals surface area contributed by atoms with Crippen LogP contribution >= 0.6 is 23.2 Å². The highest BCUT2D eigenvalue weighted by Crippen LogP contribution is 2.33. The molecule has 2 heterocycles. The Labute approximate surface area is 190 Å². The first-order chi connectivity index (χ1) is 15.1. The molecule has 0 aliphatic rings. The predicted octanol–water partition coefficient (Wildman–Crippen LogP) is 5.78. The van der Waals surface area contributed by atoms with Gasteiger partial charge in [-0.05, 0) is 61.0 Å². The number of fused-ring (bicyclic) bond motifs is 4. The minimum absolute atomic E-state index is 0.489. The summed E-state index contributed by atoms with van der Waals surface area (Å²) >= 11 is 12.5. The normalized spacial score (nSPS) is 12.9. The van der Waals surface area contributed by atoms with Crippen LogP contribution in [0.25, 0.3) is 32.7 Å². The Kier molecular flexibility index (Phi) is 5.63. The highest BCUT2D eigenvalue weighted by Gasteiger charge is 2.14. The standard InChI is InChI=1S/C25H23Cl2N3O/c26-17-5-7-24-21(11-17)22-12-18(27)6-8-25(22)30(24)15-19(31)14-28-10-9-16-13-29-23-4-2-1-3-20(16)23/h1-8,11-13,19,28-29,31H,9-10,14-15H2. The number of halogens is 2. The second kappa shape index (κ2) is 8.56. The number of aromatic nitrogens is 2. The number of nitrogens with one attached hydrogen (secondary N) is 2. The van der Waals surface area contributed by atoms with Gasteiger partial charge in [-0.2, -0.15) is 0 Å². The van der Waals surface area contributed by atoms with E-state index < -0.39 is 6.10 Å². The van der Waals surface area contributed by atoms with Crippen molar-refractivity contribution in [1.82, 2.24) is 14.9 Å². The number of rotatable bonds is 7. The second-order valence-electron chi connectivity index (χ2n) is 7.90. The molecule has 5 aromatic rings. The lowest BCUT2D eigenvalue weighted by molar-refractivity contribution is 0.154. The van der Waals surface area contributed by atoms with Crippen molar-refractivity contribution < 1.29 is 5.11 Å². The van der Waals surface area contributed by atoms with Crippen molar-refractivity contribution in [3.05, 3.63) is 82.5 Å². The van der Waals surface area contributed by atoms with Crippen LogP contribution in [-0.2, 0) is 13.0 Å². The summed E-state index contributed by atoms with van der Waals surface area (Å²) in [6.07, 6.45) is 2.45. The number of aliphatic hydroxyl groups is 1. The van der Waals surface area contributed by atoms with E-state index >= 15 is 0 Å². The van der Waals surface area contributed by atoms with Crippen molar-refractivity contribution in [3.8, 4) is 0 Å².